The first-order chi connectivity index (χ1) is 15.3. The molecule has 0 aliphatic rings. The minimum atomic E-state index is -1.05. The summed E-state index contributed by atoms with van der Waals surface area (Å²) in [5.74, 6) is 0. The topological polar surface area (TPSA) is 0 Å². The van der Waals surface area contributed by atoms with Gasteiger partial charge in [-0.1, -0.05) is 126 Å². The summed E-state index contributed by atoms with van der Waals surface area (Å²) in [6.45, 7) is 4.63. The Kier molecular flexibility index (Phi) is 13.9. The number of benzene rings is 2. The van der Waals surface area contributed by atoms with E-state index in [4.69, 9.17) is 0 Å². The van der Waals surface area contributed by atoms with Crippen LogP contribution in [0.1, 0.15) is 102 Å². The summed E-state index contributed by atoms with van der Waals surface area (Å²) in [7, 11) is -1.05. The molecule has 31 heavy (non-hydrogen) atoms. The van der Waals surface area contributed by atoms with E-state index in [0.29, 0.717) is 0 Å². The van der Waals surface area contributed by atoms with Crippen molar-refractivity contribution in [2.75, 3.05) is 12.3 Å². The van der Waals surface area contributed by atoms with Gasteiger partial charge in [0.15, 0.2) is 0 Å². The van der Waals surface area contributed by atoms with Gasteiger partial charge in [-0.05, 0) is 36.8 Å². The Balaban J connectivity index is 2.07. The molecular formula is C30H48P+. The minimum absolute atomic E-state index is 1.05. The summed E-state index contributed by atoms with van der Waals surface area (Å²) in [6, 6.07) is 22.8. The van der Waals surface area contributed by atoms with Crippen molar-refractivity contribution >= 4 is 7.26 Å². The highest BCUT2D eigenvalue weighted by atomic mass is 31.2. The van der Waals surface area contributed by atoms with Crippen LogP contribution in [0.15, 0.2) is 60.7 Å². The fourth-order valence-electron chi connectivity index (χ4n) is 4.88. The maximum absolute atomic E-state index is 2.38. The highest BCUT2D eigenvalue weighted by Crippen LogP contribution is 2.65. The Morgan fingerprint density at radius 3 is 1.19 bits per heavy atom. The second-order valence-electron chi connectivity index (χ2n) is 9.61. The van der Waals surface area contributed by atoms with Gasteiger partial charge in [-0.3, -0.25) is 0 Å². The molecule has 0 N–H and O–H groups in total. The predicted octanol–water partition coefficient (Wildman–Crippen LogP) is 10.1. The molecule has 1 heteroatoms. The minimum Gasteiger partial charge on any atom is -0.0654 e. The lowest BCUT2D eigenvalue weighted by Crippen LogP contribution is -2.11. The molecular weight excluding hydrogens is 391 g/mol. The molecule has 0 heterocycles. The van der Waals surface area contributed by atoms with Crippen molar-refractivity contribution < 1.29 is 0 Å². The van der Waals surface area contributed by atoms with Crippen LogP contribution in [0.2, 0.25) is 0 Å². The van der Waals surface area contributed by atoms with Crippen molar-refractivity contribution in [3.8, 4) is 0 Å². The number of unbranched alkanes of at least 4 members (excludes halogenated alkanes) is 10. The normalized spacial score (nSPS) is 11.7. The van der Waals surface area contributed by atoms with E-state index >= 15 is 0 Å². The van der Waals surface area contributed by atoms with E-state index in [9.17, 15) is 0 Å². The molecule has 0 saturated heterocycles. The number of rotatable bonds is 18. The molecule has 0 radical (unpaired) electrons. The molecule has 0 aromatic heterocycles. The summed E-state index contributed by atoms with van der Waals surface area (Å²) in [5, 5.41) is 0. The van der Waals surface area contributed by atoms with Crippen LogP contribution >= 0.6 is 7.26 Å². The first-order valence-electron chi connectivity index (χ1n) is 13.2. The zero-order chi connectivity index (χ0) is 22.0. The maximum atomic E-state index is 2.38. The second-order valence-corrected chi connectivity index (χ2v) is 13.8. The zero-order valence-corrected chi connectivity index (χ0v) is 21.4. The van der Waals surface area contributed by atoms with Crippen molar-refractivity contribution in [1.82, 2.24) is 0 Å². The highest BCUT2D eigenvalue weighted by molar-refractivity contribution is 7.74. The van der Waals surface area contributed by atoms with E-state index in [-0.39, 0.29) is 0 Å². The van der Waals surface area contributed by atoms with Crippen molar-refractivity contribution in [2.24, 2.45) is 0 Å². The molecule has 0 fully saturated rings. The van der Waals surface area contributed by atoms with E-state index < -0.39 is 7.26 Å². The third-order valence-corrected chi connectivity index (χ3v) is 11.3. The van der Waals surface area contributed by atoms with Crippen LogP contribution in [0.4, 0.5) is 0 Å². The van der Waals surface area contributed by atoms with Crippen molar-refractivity contribution in [2.45, 2.75) is 103 Å². The van der Waals surface area contributed by atoms with E-state index in [0.717, 1.165) is 0 Å². The fourth-order valence-corrected chi connectivity index (χ4v) is 9.61. The fraction of sp³-hybridized carbons (Fsp3) is 0.600. The lowest BCUT2D eigenvalue weighted by Gasteiger charge is -2.29. The van der Waals surface area contributed by atoms with Gasteiger partial charge in [0.25, 0.3) is 0 Å². The first kappa shape index (κ1) is 26.1. The van der Waals surface area contributed by atoms with Crippen LogP contribution in [0.25, 0.3) is 0 Å². The monoisotopic (exact) mass is 439 g/mol. The van der Waals surface area contributed by atoms with Crippen LogP contribution in [-0.2, 0) is 12.3 Å². The van der Waals surface area contributed by atoms with Crippen LogP contribution in [0.5, 0.6) is 0 Å². The summed E-state index contributed by atoms with van der Waals surface area (Å²) >= 11 is 0. The first-order valence-corrected chi connectivity index (χ1v) is 15.7. The quantitative estimate of drug-likeness (QED) is 0.160. The molecule has 0 aliphatic carbocycles. The molecule has 0 unspecified atom stereocenters. The van der Waals surface area contributed by atoms with E-state index in [1.54, 1.807) is 11.1 Å². The molecule has 0 spiro atoms. The lowest BCUT2D eigenvalue weighted by atomic mass is 10.1. The molecule has 0 saturated carbocycles. The third kappa shape index (κ3) is 11.3. The van der Waals surface area contributed by atoms with Gasteiger partial charge in [0.1, 0.15) is 0 Å². The van der Waals surface area contributed by atoms with Gasteiger partial charge < -0.3 is 0 Å². The Bertz CT molecular complexity index is 589. The Morgan fingerprint density at radius 2 is 0.806 bits per heavy atom. The second kappa shape index (κ2) is 16.5. The van der Waals surface area contributed by atoms with Crippen LogP contribution in [0, 0.1) is 0 Å². The summed E-state index contributed by atoms with van der Waals surface area (Å²) < 4.78 is 0. The molecule has 0 bridgehead atoms. The maximum Gasteiger partial charge on any atom is 0.0846 e. The summed E-state index contributed by atoms with van der Waals surface area (Å²) in [4.78, 5) is 0. The predicted molar refractivity (Wildman–Crippen MR) is 144 cm³/mol. The molecule has 2 aromatic carbocycles. The zero-order valence-electron chi connectivity index (χ0n) is 20.5. The largest absolute Gasteiger partial charge is 0.0846 e. The van der Waals surface area contributed by atoms with Gasteiger partial charge in [-0.25, -0.2) is 0 Å². The number of hydrogen-bond donors (Lipinski definition) is 0. The SMILES string of the molecule is CCCCCCCC[P+](CCCCCCCC)(Cc1ccccc1)Cc1ccccc1. The van der Waals surface area contributed by atoms with Gasteiger partial charge in [0.2, 0.25) is 0 Å². The molecule has 0 aliphatic heterocycles. The third-order valence-electron chi connectivity index (χ3n) is 6.69. The van der Waals surface area contributed by atoms with E-state index in [1.807, 2.05) is 0 Å². The summed E-state index contributed by atoms with van der Waals surface area (Å²) in [6.07, 6.45) is 22.6. The summed E-state index contributed by atoms with van der Waals surface area (Å²) in [5.41, 5.74) is 3.15. The Morgan fingerprint density at radius 1 is 0.452 bits per heavy atom. The van der Waals surface area contributed by atoms with Crippen LogP contribution in [-0.4, -0.2) is 12.3 Å². The molecule has 0 amide bonds. The molecule has 172 valence electrons. The average molecular weight is 440 g/mol. The molecule has 0 nitrogen and oxygen atoms in total. The number of hydrogen-bond acceptors (Lipinski definition) is 0. The lowest BCUT2D eigenvalue weighted by molar-refractivity contribution is 0.620. The van der Waals surface area contributed by atoms with Crippen LogP contribution < -0.4 is 0 Å². The highest BCUT2D eigenvalue weighted by Gasteiger charge is 2.36. The molecule has 2 aromatic rings. The average Bonchev–Trinajstić information content (AvgIpc) is 2.80. The van der Waals surface area contributed by atoms with Gasteiger partial charge in [-0.2, -0.15) is 0 Å². The van der Waals surface area contributed by atoms with Gasteiger partial charge in [0.05, 0.1) is 24.6 Å². The van der Waals surface area contributed by atoms with Crippen molar-refractivity contribution in [3.05, 3.63) is 71.8 Å². The van der Waals surface area contributed by atoms with Gasteiger partial charge in [0, 0.05) is 7.26 Å². The van der Waals surface area contributed by atoms with E-state index in [1.165, 1.54) is 102 Å². The molecule has 2 rings (SSSR count). The smallest absolute Gasteiger partial charge is 0.0654 e. The molecule has 0 atom stereocenters. The van der Waals surface area contributed by atoms with Crippen LogP contribution in [0.3, 0.4) is 0 Å². The van der Waals surface area contributed by atoms with Gasteiger partial charge >= 0.3 is 0 Å². The van der Waals surface area contributed by atoms with Crippen molar-refractivity contribution in [3.63, 3.8) is 0 Å². The van der Waals surface area contributed by atoms with Crippen molar-refractivity contribution in [1.29, 1.82) is 0 Å². The standard InChI is InChI=1S/C30H48P/c1-3-5-7-9-11-19-25-31(26-20-12-10-8-6-4-2,27-29-21-15-13-16-22-29)28-30-23-17-14-18-24-30/h13-18,21-24H,3-12,19-20,25-28H2,1-2H3/q+1. The van der Waals surface area contributed by atoms with E-state index in [2.05, 4.69) is 74.5 Å². The van der Waals surface area contributed by atoms with Gasteiger partial charge in [-0.15, -0.1) is 0 Å². The Hall–Kier alpha value is -1.13. The Labute approximate surface area is 194 Å².